The van der Waals surface area contributed by atoms with Crippen molar-refractivity contribution in [3.8, 4) is 34.1 Å². The molecule has 4 aromatic carbocycles. The molecule has 0 aliphatic heterocycles. The van der Waals surface area contributed by atoms with Gasteiger partial charge in [0.05, 0.1) is 19.3 Å². The highest BCUT2D eigenvalue weighted by molar-refractivity contribution is 6.31. The molecule has 0 aliphatic rings. The van der Waals surface area contributed by atoms with Gasteiger partial charge in [-0.05, 0) is 113 Å². The molecule has 10 heteroatoms. The number of fused-ring (bicyclic) bond motifs is 2. The molecule has 6 aromatic rings. The van der Waals surface area contributed by atoms with Crippen molar-refractivity contribution in [3.05, 3.63) is 106 Å². The van der Waals surface area contributed by atoms with Gasteiger partial charge in [-0.25, -0.2) is 9.59 Å². The van der Waals surface area contributed by atoms with Gasteiger partial charge in [-0.3, -0.25) is 0 Å². The summed E-state index contributed by atoms with van der Waals surface area (Å²) in [6.45, 7) is 7.95. The van der Waals surface area contributed by atoms with Crippen LogP contribution >= 0.6 is 23.2 Å². The maximum Gasteiger partial charge on any atom is 0.342 e. The predicted octanol–water partition coefficient (Wildman–Crippen LogP) is 10.4. The number of rotatable bonds is 8. The zero-order chi connectivity index (χ0) is 33.7. The molecule has 0 atom stereocenters. The van der Waals surface area contributed by atoms with E-state index in [1.54, 1.807) is 62.4 Å². The summed E-state index contributed by atoms with van der Waals surface area (Å²) in [5.74, 6) is 0.685. The van der Waals surface area contributed by atoms with Crippen molar-refractivity contribution in [2.75, 3.05) is 13.2 Å². The van der Waals surface area contributed by atoms with Crippen LogP contribution in [0.1, 0.15) is 48.4 Å². The van der Waals surface area contributed by atoms with E-state index in [2.05, 4.69) is 0 Å². The van der Waals surface area contributed by atoms with E-state index >= 15 is 0 Å². The Morgan fingerprint density at radius 1 is 0.681 bits per heavy atom. The lowest BCUT2D eigenvalue weighted by atomic mass is 10.1. The molecule has 242 valence electrons. The molecule has 47 heavy (non-hydrogen) atoms. The summed E-state index contributed by atoms with van der Waals surface area (Å²) in [6, 6.07) is 24.2. The van der Waals surface area contributed by atoms with Crippen LogP contribution in [-0.4, -0.2) is 36.4 Å². The maximum absolute atomic E-state index is 12.6. The van der Waals surface area contributed by atoms with Crippen LogP contribution in [0, 0.1) is 0 Å². The minimum atomic E-state index is -0.489. The first kappa shape index (κ1) is 33.4. The number of phenolic OH excluding ortho intramolecular Hbond substituents is 1. The van der Waals surface area contributed by atoms with Gasteiger partial charge in [0.15, 0.2) is 0 Å². The lowest BCUT2D eigenvalue weighted by Crippen LogP contribution is -2.06. The molecule has 6 rings (SSSR count). The molecule has 0 aliphatic carbocycles. The Labute approximate surface area is 281 Å². The van der Waals surface area contributed by atoms with Crippen molar-refractivity contribution < 1.29 is 37.7 Å². The molecule has 0 saturated heterocycles. The summed E-state index contributed by atoms with van der Waals surface area (Å²) in [5, 5.41) is 12.1. The third-order valence-corrected chi connectivity index (χ3v) is 7.38. The molecule has 0 bridgehead atoms. The minimum Gasteiger partial charge on any atom is -0.508 e. The van der Waals surface area contributed by atoms with Gasteiger partial charge < -0.3 is 28.2 Å². The van der Waals surface area contributed by atoms with Crippen LogP contribution in [0.5, 0.6) is 11.5 Å². The fourth-order valence-corrected chi connectivity index (χ4v) is 5.18. The van der Waals surface area contributed by atoms with Gasteiger partial charge in [-0.15, -0.1) is 0 Å². The van der Waals surface area contributed by atoms with E-state index < -0.39 is 11.9 Å². The van der Waals surface area contributed by atoms with Crippen LogP contribution in [0.3, 0.4) is 0 Å². The number of furan rings is 2. The Hall–Kier alpha value is -4.92. The number of hydrogen-bond acceptors (Lipinski definition) is 8. The predicted molar refractivity (Wildman–Crippen MR) is 183 cm³/mol. The van der Waals surface area contributed by atoms with Gasteiger partial charge >= 0.3 is 11.9 Å². The summed E-state index contributed by atoms with van der Waals surface area (Å²) >= 11 is 11.9. The Morgan fingerprint density at radius 3 is 1.57 bits per heavy atom. The molecular formula is C37H32Cl2O8. The first-order valence-electron chi connectivity index (χ1n) is 14.9. The highest BCUT2D eigenvalue weighted by Gasteiger charge is 2.25. The molecule has 1 N–H and O–H groups in total. The number of carbonyl (C=O) groups is 2. The summed E-state index contributed by atoms with van der Waals surface area (Å²) in [6.07, 6.45) is 0.0335. The van der Waals surface area contributed by atoms with Crippen molar-refractivity contribution in [3.63, 3.8) is 0 Å². The van der Waals surface area contributed by atoms with Gasteiger partial charge in [0.25, 0.3) is 0 Å². The van der Waals surface area contributed by atoms with Crippen LogP contribution in [0.15, 0.2) is 93.8 Å². The first-order chi connectivity index (χ1) is 22.6. The number of carbonyl (C=O) groups excluding carboxylic acids is 2. The number of hydrogen-bond donors (Lipinski definition) is 1. The first-order valence-corrected chi connectivity index (χ1v) is 15.7. The van der Waals surface area contributed by atoms with Gasteiger partial charge in [0, 0.05) is 31.9 Å². The second-order valence-corrected chi connectivity index (χ2v) is 11.4. The summed E-state index contributed by atoms with van der Waals surface area (Å²) in [7, 11) is 0. The number of esters is 2. The third-order valence-electron chi connectivity index (χ3n) is 6.87. The average Bonchev–Trinajstić information content (AvgIpc) is 3.60. The van der Waals surface area contributed by atoms with Crippen LogP contribution < -0.4 is 4.74 Å². The van der Waals surface area contributed by atoms with Gasteiger partial charge in [0.2, 0.25) is 0 Å². The van der Waals surface area contributed by atoms with Crippen molar-refractivity contribution in [1.29, 1.82) is 0 Å². The van der Waals surface area contributed by atoms with Gasteiger partial charge in [0.1, 0.15) is 45.3 Å². The molecule has 0 amide bonds. The lowest BCUT2D eigenvalue weighted by Gasteiger charge is -2.09. The average molecular weight is 676 g/mol. The molecule has 8 nitrogen and oxygen atoms in total. The van der Waals surface area contributed by atoms with E-state index in [0.29, 0.717) is 65.9 Å². The Balaban J connectivity index is 0.000000186. The van der Waals surface area contributed by atoms with Crippen molar-refractivity contribution in [2.45, 2.75) is 33.8 Å². The van der Waals surface area contributed by atoms with Crippen LogP contribution in [-0.2, 0) is 9.47 Å². The molecule has 0 spiro atoms. The fraction of sp³-hybridized carbons (Fsp3) is 0.189. The zero-order valence-corrected chi connectivity index (χ0v) is 27.6. The fourth-order valence-electron chi connectivity index (χ4n) is 4.93. The zero-order valence-electron chi connectivity index (χ0n) is 26.1. The second-order valence-electron chi connectivity index (χ2n) is 10.6. The van der Waals surface area contributed by atoms with E-state index in [9.17, 15) is 14.7 Å². The number of phenols is 1. The largest absolute Gasteiger partial charge is 0.508 e. The standard InChI is InChI=1S/C20H19ClO4.C17H13ClO4/c1-4-23-20(22)18-16-11-15(24-12(2)3)9-10-17(16)25-19(18)13-5-7-14(21)8-6-13;1-2-21-17(20)15-13-9-12(19)7-8-14(13)22-16(15)10-3-5-11(18)6-4-10/h5-12H,4H2,1-3H3;3-9,19H,2H2,1H3. The van der Waals surface area contributed by atoms with Gasteiger partial charge in [-0.1, -0.05) is 23.2 Å². The maximum atomic E-state index is 12.6. The van der Waals surface area contributed by atoms with Crippen molar-refractivity contribution >= 4 is 57.1 Å². The molecule has 0 unspecified atom stereocenters. The SMILES string of the molecule is CCOC(=O)c1c(-c2ccc(Cl)cc2)oc2ccc(O)cc12.CCOC(=O)c1c(-c2ccc(Cl)cc2)oc2ccc(OC(C)C)cc12. The Morgan fingerprint density at radius 2 is 1.13 bits per heavy atom. The summed E-state index contributed by atoms with van der Waals surface area (Å²) < 4.78 is 27.8. The number of halogens is 2. The molecule has 0 fully saturated rings. The smallest absolute Gasteiger partial charge is 0.342 e. The second kappa shape index (κ2) is 14.7. The monoisotopic (exact) mass is 674 g/mol. The number of ether oxygens (including phenoxy) is 3. The third kappa shape index (κ3) is 7.56. The van der Waals surface area contributed by atoms with E-state index in [0.717, 1.165) is 5.56 Å². The Bertz CT molecular complexity index is 2020. The topological polar surface area (TPSA) is 108 Å². The summed E-state index contributed by atoms with van der Waals surface area (Å²) in [4.78, 5) is 24.9. The molecule has 0 saturated carbocycles. The normalized spacial score (nSPS) is 11.0. The van der Waals surface area contributed by atoms with Crippen LogP contribution in [0.2, 0.25) is 10.0 Å². The quantitative estimate of drug-likeness (QED) is 0.159. The molecule has 0 radical (unpaired) electrons. The van der Waals surface area contributed by atoms with E-state index in [-0.39, 0.29) is 25.1 Å². The van der Waals surface area contributed by atoms with Gasteiger partial charge in [-0.2, -0.15) is 0 Å². The molecule has 2 aromatic heterocycles. The van der Waals surface area contributed by atoms with Crippen LogP contribution in [0.4, 0.5) is 0 Å². The van der Waals surface area contributed by atoms with Crippen LogP contribution in [0.25, 0.3) is 44.6 Å². The van der Waals surface area contributed by atoms with E-state index in [4.69, 9.17) is 46.2 Å². The van der Waals surface area contributed by atoms with Crippen molar-refractivity contribution in [1.82, 2.24) is 0 Å². The number of benzene rings is 4. The minimum absolute atomic E-state index is 0.0335. The lowest BCUT2D eigenvalue weighted by molar-refractivity contribution is 0.0519. The summed E-state index contributed by atoms with van der Waals surface area (Å²) in [5.41, 5.74) is 3.27. The van der Waals surface area contributed by atoms with E-state index in [1.807, 2.05) is 38.1 Å². The molecular weight excluding hydrogens is 643 g/mol. The highest BCUT2D eigenvalue weighted by atomic mass is 35.5. The highest BCUT2D eigenvalue weighted by Crippen LogP contribution is 2.38. The Kier molecular flexibility index (Phi) is 10.4. The van der Waals surface area contributed by atoms with Crippen molar-refractivity contribution in [2.24, 2.45) is 0 Å². The number of aromatic hydroxyl groups is 1. The molecule has 2 heterocycles. The van der Waals surface area contributed by atoms with E-state index in [1.165, 1.54) is 12.1 Å².